The molecule has 0 aromatic carbocycles. The number of nitrogens with zero attached hydrogens (tertiary/aromatic N) is 3. The van der Waals surface area contributed by atoms with Gasteiger partial charge in [0.05, 0.1) is 18.1 Å². The van der Waals surface area contributed by atoms with Crippen LogP contribution in [0.3, 0.4) is 0 Å². The van der Waals surface area contributed by atoms with Gasteiger partial charge in [-0.1, -0.05) is 0 Å². The standard InChI is InChI=1S/C13H9N5O2S/c14-4-8-9(5-15)17-13(16-8)18-12(19)11-3-7-6-20-2-1-10(7)21-11/h3H,1-2,6H2,(H2,16,17,18,19). The van der Waals surface area contributed by atoms with Crippen LogP contribution in [0.4, 0.5) is 5.95 Å². The molecule has 104 valence electrons. The number of fused-ring (bicyclic) bond motifs is 1. The zero-order valence-electron chi connectivity index (χ0n) is 10.8. The molecule has 7 nitrogen and oxygen atoms in total. The van der Waals surface area contributed by atoms with E-state index < -0.39 is 0 Å². The lowest BCUT2D eigenvalue weighted by atomic mass is 10.2. The normalized spacial score (nSPS) is 13.0. The molecule has 3 rings (SSSR count). The van der Waals surface area contributed by atoms with Crippen molar-refractivity contribution >= 4 is 23.2 Å². The second-order valence-corrected chi connectivity index (χ2v) is 5.49. The van der Waals surface area contributed by atoms with Crippen LogP contribution in [-0.2, 0) is 17.8 Å². The fourth-order valence-corrected chi connectivity index (χ4v) is 3.07. The van der Waals surface area contributed by atoms with Crippen molar-refractivity contribution in [2.24, 2.45) is 0 Å². The first-order chi connectivity index (χ1) is 10.2. The summed E-state index contributed by atoms with van der Waals surface area (Å²) < 4.78 is 5.34. The van der Waals surface area contributed by atoms with Gasteiger partial charge in [-0.3, -0.25) is 10.1 Å². The zero-order valence-corrected chi connectivity index (χ0v) is 11.6. The van der Waals surface area contributed by atoms with E-state index in [1.165, 1.54) is 11.3 Å². The molecule has 1 aliphatic heterocycles. The van der Waals surface area contributed by atoms with E-state index in [0.29, 0.717) is 18.1 Å². The Morgan fingerprint density at radius 2 is 2.33 bits per heavy atom. The summed E-state index contributed by atoms with van der Waals surface area (Å²) in [6.45, 7) is 1.20. The van der Waals surface area contributed by atoms with Crippen LogP contribution < -0.4 is 5.32 Å². The van der Waals surface area contributed by atoms with Gasteiger partial charge in [-0.2, -0.15) is 10.5 Å². The summed E-state index contributed by atoms with van der Waals surface area (Å²) in [5.41, 5.74) is 1.03. The lowest BCUT2D eigenvalue weighted by Gasteiger charge is -2.10. The molecule has 0 atom stereocenters. The molecule has 21 heavy (non-hydrogen) atoms. The number of amides is 1. The zero-order chi connectivity index (χ0) is 14.8. The number of rotatable bonds is 2. The fourth-order valence-electron chi connectivity index (χ4n) is 2.02. The maximum atomic E-state index is 12.2. The van der Waals surface area contributed by atoms with Crippen molar-refractivity contribution in [2.45, 2.75) is 13.0 Å². The first-order valence-corrected chi connectivity index (χ1v) is 6.94. The monoisotopic (exact) mass is 299 g/mol. The number of imidazole rings is 1. The molecule has 0 aliphatic carbocycles. The summed E-state index contributed by atoms with van der Waals surface area (Å²) in [4.78, 5) is 20.3. The molecule has 0 saturated heterocycles. The highest BCUT2D eigenvalue weighted by molar-refractivity contribution is 7.14. The molecule has 0 unspecified atom stereocenters. The maximum Gasteiger partial charge on any atom is 0.268 e. The van der Waals surface area contributed by atoms with Crippen LogP contribution in [0.25, 0.3) is 0 Å². The molecule has 0 radical (unpaired) electrons. The minimum absolute atomic E-state index is 0.0340. The predicted octanol–water partition coefficient (Wildman–Crippen LogP) is 1.54. The summed E-state index contributed by atoms with van der Waals surface area (Å²) >= 11 is 1.42. The Bertz CT molecular complexity index is 738. The van der Waals surface area contributed by atoms with E-state index >= 15 is 0 Å². The quantitative estimate of drug-likeness (QED) is 0.872. The molecule has 2 N–H and O–H groups in total. The summed E-state index contributed by atoms with van der Waals surface area (Å²) in [6.07, 6.45) is 0.811. The van der Waals surface area contributed by atoms with E-state index in [4.69, 9.17) is 15.3 Å². The SMILES string of the molecule is N#Cc1nc(NC(=O)c2cc3c(s2)CCOC3)[nH]c1C#N. The molecule has 2 aromatic heterocycles. The lowest BCUT2D eigenvalue weighted by molar-refractivity contribution is 0.102. The van der Waals surface area contributed by atoms with Crippen LogP contribution >= 0.6 is 11.3 Å². The number of nitriles is 2. The molecule has 0 fully saturated rings. The van der Waals surface area contributed by atoms with Crippen LogP contribution in [0.1, 0.15) is 31.5 Å². The summed E-state index contributed by atoms with van der Waals surface area (Å²) in [7, 11) is 0. The highest BCUT2D eigenvalue weighted by Crippen LogP contribution is 2.27. The smallest absolute Gasteiger partial charge is 0.268 e. The second kappa shape index (κ2) is 5.37. The Morgan fingerprint density at radius 1 is 1.48 bits per heavy atom. The van der Waals surface area contributed by atoms with E-state index in [-0.39, 0.29) is 23.2 Å². The van der Waals surface area contributed by atoms with Crippen molar-refractivity contribution in [3.63, 3.8) is 0 Å². The van der Waals surface area contributed by atoms with Gasteiger partial charge in [-0.15, -0.1) is 11.3 Å². The number of H-pyrrole nitrogens is 1. The van der Waals surface area contributed by atoms with Crippen LogP contribution in [0.5, 0.6) is 0 Å². The van der Waals surface area contributed by atoms with Gasteiger partial charge in [-0.25, -0.2) is 4.98 Å². The number of carbonyl (C=O) groups is 1. The predicted molar refractivity (Wildman–Crippen MR) is 73.6 cm³/mol. The number of nitrogens with one attached hydrogen (secondary N) is 2. The van der Waals surface area contributed by atoms with Crippen molar-refractivity contribution in [1.29, 1.82) is 10.5 Å². The Kier molecular flexibility index (Phi) is 3.40. The van der Waals surface area contributed by atoms with Crippen molar-refractivity contribution in [3.8, 4) is 12.1 Å². The van der Waals surface area contributed by atoms with Gasteiger partial charge in [-0.05, 0) is 11.6 Å². The summed E-state index contributed by atoms with van der Waals surface area (Å²) in [5.74, 6) is -0.229. The number of ether oxygens (including phenoxy) is 1. The van der Waals surface area contributed by atoms with Crippen LogP contribution in [-0.4, -0.2) is 22.5 Å². The third-order valence-corrected chi connectivity index (χ3v) is 4.24. The van der Waals surface area contributed by atoms with Gasteiger partial charge in [0.25, 0.3) is 5.91 Å². The number of aromatic nitrogens is 2. The third-order valence-electron chi connectivity index (χ3n) is 3.00. The number of thiophene rings is 1. The Labute approximate surface area is 123 Å². The molecule has 1 amide bonds. The van der Waals surface area contributed by atoms with Crippen LogP contribution in [0.15, 0.2) is 6.07 Å². The lowest BCUT2D eigenvalue weighted by Crippen LogP contribution is -2.11. The van der Waals surface area contributed by atoms with Crippen molar-refractivity contribution < 1.29 is 9.53 Å². The highest BCUT2D eigenvalue weighted by Gasteiger charge is 2.19. The molecular weight excluding hydrogens is 290 g/mol. The first kappa shape index (κ1) is 13.3. The maximum absolute atomic E-state index is 12.2. The minimum Gasteiger partial charge on any atom is -0.376 e. The number of anilines is 1. The fraction of sp³-hybridized carbons (Fsp3) is 0.231. The van der Waals surface area contributed by atoms with Crippen molar-refractivity contribution in [3.05, 3.63) is 32.8 Å². The van der Waals surface area contributed by atoms with E-state index in [1.54, 1.807) is 12.1 Å². The van der Waals surface area contributed by atoms with E-state index in [2.05, 4.69) is 15.3 Å². The molecule has 2 aromatic rings. The van der Waals surface area contributed by atoms with Gasteiger partial charge < -0.3 is 9.72 Å². The van der Waals surface area contributed by atoms with E-state index in [1.807, 2.05) is 6.07 Å². The first-order valence-electron chi connectivity index (χ1n) is 6.12. The van der Waals surface area contributed by atoms with Gasteiger partial charge in [0.2, 0.25) is 5.95 Å². The van der Waals surface area contributed by atoms with E-state index in [0.717, 1.165) is 16.9 Å². The molecule has 0 saturated carbocycles. The molecule has 0 bridgehead atoms. The second-order valence-electron chi connectivity index (χ2n) is 4.35. The molecule has 3 heterocycles. The van der Waals surface area contributed by atoms with E-state index in [9.17, 15) is 4.79 Å². The van der Waals surface area contributed by atoms with Gasteiger partial charge in [0.15, 0.2) is 11.4 Å². The minimum atomic E-state index is -0.322. The Morgan fingerprint density at radius 3 is 3.00 bits per heavy atom. The third kappa shape index (κ3) is 2.50. The average Bonchev–Trinajstić information content (AvgIpc) is 3.09. The topological polar surface area (TPSA) is 115 Å². The number of aromatic amines is 1. The number of carbonyl (C=O) groups excluding carboxylic acids is 1. The van der Waals surface area contributed by atoms with Crippen LogP contribution in [0.2, 0.25) is 0 Å². The molecule has 1 aliphatic rings. The van der Waals surface area contributed by atoms with Gasteiger partial charge >= 0.3 is 0 Å². The Hall–Kier alpha value is -2.68. The largest absolute Gasteiger partial charge is 0.376 e. The number of hydrogen-bond donors (Lipinski definition) is 2. The summed E-state index contributed by atoms with van der Waals surface area (Å²) in [6, 6.07) is 5.40. The van der Waals surface area contributed by atoms with Gasteiger partial charge in [0, 0.05) is 11.3 Å². The highest BCUT2D eigenvalue weighted by atomic mass is 32.1. The average molecular weight is 299 g/mol. The summed E-state index contributed by atoms with van der Waals surface area (Å²) in [5, 5.41) is 20.2. The molecule has 8 heteroatoms. The molecule has 0 spiro atoms. The van der Waals surface area contributed by atoms with Crippen molar-refractivity contribution in [1.82, 2.24) is 9.97 Å². The molecular formula is C13H9N5O2S. The van der Waals surface area contributed by atoms with Gasteiger partial charge in [0.1, 0.15) is 12.1 Å². The number of hydrogen-bond acceptors (Lipinski definition) is 6. The van der Waals surface area contributed by atoms with Crippen LogP contribution in [0, 0.1) is 22.7 Å². The Balaban J connectivity index is 1.80. The van der Waals surface area contributed by atoms with Crippen molar-refractivity contribution in [2.75, 3.05) is 11.9 Å².